The predicted octanol–water partition coefficient (Wildman–Crippen LogP) is 9.81. The molecule has 182 valence electrons. The lowest BCUT2D eigenvalue weighted by Gasteiger charge is -2.46. The lowest BCUT2D eigenvalue weighted by molar-refractivity contribution is 0.0508. The van der Waals surface area contributed by atoms with E-state index in [0.717, 1.165) is 59.2 Å². The third kappa shape index (κ3) is 4.87. The molecule has 6 aliphatic carbocycles. The predicted molar refractivity (Wildman–Crippen MR) is 136 cm³/mol. The van der Waals surface area contributed by atoms with Crippen molar-refractivity contribution in [1.29, 1.82) is 0 Å². The van der Waals surface area contributed by atoms with E-state index in [1.807, 2.05) is 0 Å². The Balaban J connectivity index is 0.937. The summed E-state index contributed by atoms with van der Waals surface area (Å²) in [5, 5.41) is 0. The molecular formula is C32H54. The van der Waals surface area contributed by atoms with E-state index in [2.05, 4.69) is 0 Å². The van der Waals surface area contributed by atoms with E-state index in [1.165, 1.54) is 0 Å². The average molecular weight is 439 g/mol. The van der Waals surface area contributed by atoms with E-state index in [1.54, 1.807) is 141 Å². The van der Waals surface area contributed by atoms with Gasteiger partial charge in [0.05, 0.1) is 0 Å². The summed E-state index contributed by atoms with van der Waals surface area (Å²) in [5.41, 5.74) is 0. The zero-order valence-corrected chi connectivity index (χ0v) is 21.3. The number of fused-ring (bicyclic) bond motifs is 2. The highest BCUT2D eigenvalue weighted by Crippen LogP contribution is 2.52. The van der Waals surface area contributed by atoms with Crippen LogP contribution < -0.4 is 0 Å². The molecule has 0 saturated heterocycles. The Hall–Kier alpha value is 0. The van der Waals surface area contributed by atoms with E-state index < -0.39 is 0 Å². The van der Waals surface area contributed by atoms with Crippen LogP contribution in [-0.2, 0) is 0 Å². The molecule has 6 saturated carbocycles. The van der Waals surface area contributed by atoms with Crippen molar-refractivity contribution in [3.63, 3.8) is 0 Å². The van der Waals surface area contributed by atoms with Gasteiger partial charge < -0.3 is 0 Å². The maximum atomic E-state index is 1.63. The molecular weight excluding hydrogens is 384 g/mol. The largest absolute Gasteiger partial charge is 0.0530 e. The zero-order chi connectivity index (χ0) is 21.3. The fraction of sp³-hybridized carbons (Fsp3) is 1.00. The van der Waals surface area contributed by atoms with Crippen molar-refractivity contribution in [3.8, 4) is 0 Å². The summed E-state index contributed by atoms with van der Waals surface area (Å²) in [6, 6.07) is 0. The molecule has 0 heteroatoms. The molecule has 0 bridgehead atoms. The van der Waals surface area contributed by atoms with Gasteiger partial charge in [0, 0.05) is 0 Å². The van der Waals surface area contributed by atoms with Crippen LogP contribution >= 0.6 is 0 Å². The minimum Gasteiger partial charge on any atom is -0.0530 e. The minimum atomic E-state index is 1.12. The van der Waals surface area contributed by atoms with E-state index in [-0.39, 0.29) is 0 Å². The van der Waals surface area contributed by atoms with Gasteiger partial charge in [0.25, 0.3) is 0 Å². The monoisotopic (exact) mass is 438 g/mol. The molecule has 0 radical (unpaired) electrons. The van der Waals surface area contributed by atoms with Crippen molar-refractivity contribution in [2.45, 2.75) is 141 Å². The lowest BCUT2D eigenvalue weighted by atomic mass is 9.60. The first-order chi connectivity index (χ1) is 15.8. The van der Waals surface area contributed by atoms with Crippen molar-refractivity contribution in [1.82, 2.24) is 0 Å². The van der Waals surface area contributed by atoms with E-state index in [4.69, 9.17) is 0 Å². The molecule has 6 unspecified atom stereocenters. The SMILES string of the molecule is C1CCC2CC(C3CCC(C4CCC(C5CCC6CCCCC6C5)CC4)CC3)CCC2C1. The van der Waals surface area contributed by atoms with Crippen LogP contribution in [0.3, 0.4) is 0 Å². The smallest absolute Gasteiger partial charge is 0.0383 e. The first-order valence-electron chi connectivity index (χ1n) is 15.8. The molecule has 0 heterocycles. The van der Waals surface area contributed by atoms with Gasteiger partial charge in [-0.25, -0.2) is 0 Å². The molecule has 6 fully saturated rings. The first kappa shape index (κ1) is 22.5. The van der Waals surface area contributed by atoms with E-state index in [0.29, 0.717) is 0 Å². The zero-order valence-electron chi connectivity index (χ0n) is 21.3. The third-order valence-electron chi connectivity index (χ3n) is 12.8. The molecule has 6 atom stereocenters. The highest BCUT2D eigenvalue weighted by Gasteiger charge is 2.40. The second-order valence-electron chi connectivity index (χ2n) is 14.1. The van der Waals surface area contributed by atoms with E-state index >= 15 is 0 Å². The Morgan fingerprint density at radius 3 is 0.719 bits per heavy atom. The molecule has 0 aromatic rings. The van der Waals surface area contributed by atoms with Crippen molar-refractivity contribution in [2.24, 2.45) is 59.2 Å². The van der Waals surface area contributed by atoms with Crippen LogP contribution in [0.25, 0.3) is 0 Å². The van der Waals surface area contributed by atoms with Gasteiger partial charge in [-0.3, -0.25) is 0 Å². The van der Waals surface area contributed by atoms with Crippen molar-refractivity contribution in [2.75, 3.05) is 0 Å². The molecule has 0 nitrogen and oxygen atoms in total. The normalized spacial score (nSPS) is 50.2. The molecule has 6 rings (SSSR count). The van der Waals surface area contributed by atoms with Gasteiger partial charge in [0.15, 0.2) is 0 Å². The second kappa shape index (κ2) is 10.3. The minimum absolute atomic E-state index is 1.12. The van der Waals surface area contributed by atoms with Crippen LogP contribution in [0, 0.1) is 59.2 Å². The van der Waals surface area contributed by atoms with Crippen LogP contribution in [0.4, 0.5) is 0 Å². The van der Waals surface area contributed by atoms with Crippen LogP contribution in [-0.4, -0.2) is 0 Å². The summed E-state index contributed by atoms with van der Waals surface area (Å²) < 4.78 is 0. The second-order valence-corrected chi connectivity index (χ2v) is 14.1. The molecule has 32 heavy (non-hydrogen) atoms. The highest BCUT2D eigenvalue weighted by atomic mass is 14.5. The van der Waals surface area contributed by atoms with Gasteiger partial charge in [0.1, 0.15) is 0 Å². The van der Waals surface area contributed by atoms with Crippen LogP contribution in [0.2, 0.25) is 0 Å². The lowest BCUT2D eigenvalue weighted by Crippen LogP contribution is -2.35. The summed E-state index contributed by atoms with van der Waals surface area (Å²) in [6.45, 7) is 0. The summed E-state index contributed by atoms with van der Waals surface area (Å²) in [6.07, 6.45) is 35.0. The van der Waals surface area contributed by atoms with Gasteiger partial charge in [0.2, 0.25) is 0 Å². The summed E-state index contributed by atoms with van der Waals surface area (Å²) in [7, 11) is 0. The fourth-order valence-corrected chi connectivity index (χ4v) is 10.9. The van der Waals surface area contributed by atoms with Gasteiger partial charge in [-0.05, 0) is 149 Å². The van der Waals surface area contributed by atoms with Crippen molar-refractivity contribution in [3.05, 3.63) is 0 Å². The average Bonchev–Trinajstić information content (AvgIpc) is 2.88. The Labute approximate surface area is 200 Å². The van der Waals surface area contributed by atoms with Crippen molar-refractivity contribution >= 4 is 0 Å². The molecule has 0 aliphatic heterocycles. The maximum Gasteiger partial charge on any atom is -0.0383 e. The number of rotatable bonds is 3. The number of hydrogen-bond acceptors (Lipinski definition) is 0. The van der Waals surface area contributed by atoms with Crippen LogP contribution in [0.5, 0.6) is 0 Å². The van der Waals surface area contributed by atoms with E-state index in [9.17, 15) is 0 Å². The quantitative estimate of drug-likeness (QED) is 0.411. The third-order valence-corrected chi connectivity index (χ3v) is 12.8. The molecule has 0 N–H and O–H groups in total. The van der Waals surface area contributed by atoms with Crippen LogP contribution in [0.15, 0.2) is 0 Å². The van der Waals surface area contributed by atoms with Crippen molar-refractivity contribution < 1.29 is 0 Å². The molecule has 0 amide bonds. The molecule has 6 aliphatic rings. The molecule has 0 aromatic heterocycles. The molecule has 0 aromatic carbocycles. The summed E-state index contributed by atoms with van der Waals surface area (Å²) in [4.78, 5) is 0. The fourth-order valence-electron chi connectivity index (χ4n) is 10.9. The molecule has 0 spiro atoms. The van der Waals surface area contributed by atoms with Gasteiger partial charge in [-0.2, -0.15) is 0 Å². The Kier molecular flexibility index (Phi) is 7.24. The van der Waals surface area contributed by atoms with Gasteiger partial charge >= 0.3 is 0 Å². The maximum absolute atomic E-state index is 1.63. The Morgan fingerprint density at radius 1 is 0.188 bits per heavy atom. The highest BCUT2D eigenvalue weighted by molar-refractivity contribution is 4.91. The Bertz CT molecular complexity index is 525. The van der Waals surface area contributed by atoms with Gasteiger partial charge in [-0.15, -0.1) is 0 Å². The summed E-state index contributed by atoms with van der Waals surface area (Å²) in [5.74, 6) is 11.3. The first-order valence-corrected chi connectivity index (χ1v) is 15.8. The Morgan fingerprint density at radius 2 is 0.375 bits per heavy atom. The number of hydrogen-bond donors (Lipinski definition) is 0. The van der Waals surface area contributed by atoms with Gasteiger partial charge in [-0.1, -0.05) is 51.4 Å². The summed E-state index contributed by atoms with van der Waals surface area (Å²) >= 11 is 0. The topological polar surface area (TPSA) is 0 Å². The van der Waals surface area contributed by atoms with Crippen LogP contribution in [0.1, 0.15) is 141 Å². The standard InChI is InChI=1S/C32H54/c1-3-7-29-21-31(19-17-23(29)5-1)27-13-9-25(10-14-27)26-11-15-28(16-12-26)32-20-18-24-6-2-4-8-30(24)22-32/h23-32H,1-22H2.